The molecule has 32 heavy (non-hydrogen) atoms. The molecule has 4 rings (SSSR count). The van der Waals surface area contributed by atoms with E-state index in [4.69, 9.17) is 4.52 Å². The van der Waals surface area contributed by atoms with Crippen molar-refractivity contribution >= 4 is 23.7 Å². The number of nitrogens with one attached hydrogen (secondary N) is 3. The zero-order valence-corrected chi connectivity index (χ0v) is 18.3. The van der Waals surface area contributed by atoms with E-state index in [0.29, 0.717) is 43.2 Å². The molecule has 1 aliphatic heterocycles. The van der Waals surface area contributed by atoms with Crippen LogP contribution in [-0.4, -0.2) is 51.6 Å². The second-order valence-corrected chi connectivity index (χ2v) is 8.60. The van der Waals surface area contributed by atoms with Gasteiger partial charge in [-0.2, -0.15) is 4.98 Å². The maximum Gasteiger partial charge on any atom is 0.325 e. The van der Waals surface area contributed by atoms with Crippen LogP contribution in [0.2, 0.25) is 0 Å². The lowest BCUT2D eigenvalue weighted by molar-refractivity contribution is -0.131. The maximum atomic E-state index is 12.6. The molecule has 0 atom stereocenters. The number of aromatic nitrogens is 2. The normalized spacial score (nSPS) is 17.3. The summed E-state index contributed by atoms with van der Waals surface area (Å²) >= 11 is 0. The van der Waals surface area contributed by atoms with Crippen LogP contribution < -0.4 is 16.0 Å². The van der Waals surface area contributed by atoms with Gasteiger partial charge in [-0.15, -0.1) is 0 Å². The Hall–Kier alpha value is -3.43. The average Bonchev–Trinajstić information content (AvgIpc) is 3.48. The first-order valence-electron chi connectivity index (χ1n) is 11.0. The molecule has 2 fully saturated rings. The van der Waals surface area contributed by atoms with E-state index in [1.807, 2.05) is 13.8 Å². The third kappa shape index (κ3) is 4.44. The molecule has 1 aliphatic carbocycles. The van der Waals surface area contributed by atoms with Gasteiger partial charge < -0.3 is 20.5 Å². The lowest BCUT2D eigenvalue weighted by Crippen LogP contribution is -2.44. The van der Waals surface area contributed by atoms with Crippen molar-refractivity contribution in [1.82, 2.24) is 25.7 Å². The molecule has 3 N–H and O–H groups in total. The number of rotatable bonds is 7. The summed E-state index contributed by atoms with van der Waals surface area (Å²) in [7, 11) is 0. The lowest BCUT2D eigenvalue weighted by atomic mass is 9.98. The van der Waals surface area contributed by atoms with Crippen LogP contribution in [0.3, 0.4) is 0 Å². The maximum absolute atomic E-state index is 12.6. The Kier molecular flexibility index (Phi) is 6.11. The van der Waals surface area contributed by atoms with Crippen molar-refractivity contribution in [3.63, 3.8) is 0 Å². The first-order chi connectivity index (χ1) is 15.4. The van der Waals surface area contributed by atoms with Crippen LogP contribution >= 0.6 is 0 Å². The number of carbonyl (C=O) groups excluding carboxylic acids is 3. The molecular formula is C22H28N6O4. The van der Waals surface area contributed by atoms with Crippen LogP contribution in [0, 0.1) is 0 Å². The van der Waals surface area contributed by atoms with Gasteiger partial charge in [-0.1, -0.05) is 31.8 Å². The number of hydrogen-bond acceptors (Lipinski definition) is 6. The van der Waals surface area contributed by atoms with E-state index >= 15 is 0 Å². The van der Waals surface area contributed by atoms with Crippen LogP contribution in [0.1, 0.15) is 57.7 Å². The molecule has 1 saturated heterocycles. The highest BCUT2D eigenvalue weighted by molar-refractivity contribution is 6.07. The molecule has 1 spiro atoms. The molecule has 10 heteroatoms. The predicted octanol–water partition coefficient (Wildman–Crippen LogP) is 3.24. The lowest BCUT2D eigenvalue weighted by Gasteiger charge is -2.20. The highest BCUT2D eigenvalue weighted by Crippen LogP contribution is 2.35. The number of hydrogen-bond donors (Lipinski definition) is 3. The fourth-order valence-corrected chi connectivity index (χ4v) is 4.09. The molecule has 0 radical (unpaired) electrons. The Bertz CT molecular complexity index is 994. The zero-order chi connectivity index (χ0) is 22.7. The average molecular weight is 441 g/mol. The number of imide groups is 1. The zero-order valence-electron chi connectivity index (χ0n) is 18.3. The number of carbonyl (C=O) groups is 3. The fourth-order valence-electron chi connectivity index (χ4n) is 4.09. The van der Waals surface area contributed by atoms with Crippen molar-refractivity contribution < 1.29 is 18.9 Å². The second-order valence-electron chi connectivity index (χ2n) is 8.60. The van der Waals surface area contributed by atoms with Crippen LogP contribution in [-0.2, 0) is 4.79 Å². The van der Waals surface area contributed by atoms with Gasteiger partial charge in [0.1, 0.15) is 5.54 Å². The minimum atomic E-state index is -0.689. The molecular weight excluding hydrogens is 412 g/mol. The Morgan fingerprint density at radius 3 is 2.59 bits per heavy atom. The summed E-state index contributed by atoms with van der Waals surface area (Å²) in [6.07, 6.45) is 3.81. The van der Waals surface area contributed by atoms with E-state index < -0.39 is 5.54 Å². The van der Waals surface area contributed by atoms with E-state index in [1.165, 1.54) is 4.90 Å². The topological polar surface area (TPSA) is 129 Å². The van der Waals surface area contributed by atoms with Gasteiger partial charge in [0.2, 0.25) is 0 Å². The molecule has 1 aromatic heterocycles. The number of urea groups is 2. The highest BCUT2D eigenvalue weighted by Gasteiger charge is 2.51. The third-order valence-corrected chi connectivity index (χ3v) is 5.89. The number of benzene rings is 1. The van der Waals surface area contributed by atoms with Crippen LogP contribution in [0.4, 0.5) is 15.3 Å². The molecule has 1 saturated carbocycles. The minimum absolute atomic E-state index is 0.133. The highest BCUT2D eigenvalue weighted by atomic mass is 16.5. The molecule has 5 amide bonds. The molecule has 10 nitrogen and oxygen atoms in total. The third-order valence-electron chi connectivity index (χ3n) is 5.89. The van der Waals surface area contributed by atoms with E-state index in [0.717, 1.165) is 18.4 Å². The summed E-state index contributed by atoms with van der Waals surface area (Å²) in [5, 5.41) is 12.3. The molecule has 170 valence electrons. The standard InChI is InChI=1S/C22H28N6O4/c1-14(2)17-25-18(32-27-17)15-6-8-16(9-7-15)24-20(30)23-12-5-13-28-19(29)22(26-21(28)31)10-3-4-11-22/h6-9,14H,3-5,10-13H2,1-2H3,(H,26,31)(H2,23,24,30). The summed E-state index contributed by atoms with van der Waals surface area (Å²) in [6.45, 7) is 4.60. The van der Waals surface area contributed by atoms with Crippen LogP contribution in [0.5, 0.6) is 0 Å². The van der Waals surface area contributed by atoms with Crippen molar-refractivity contribution in [2.75, 3.05) is 18.4 Å². The molecule has 1 aromatic carbocycles. The Labute approximate surface area is 186 Å². The van der Waals surface area contributed by atoms with Crippen LogP contribution in [0.25, 0.3) is 11.5 Å². The predicted molar refractivity (Wildman–Crippen MR) is 117 cm³/mol. The second kappa shape index (κ2) is 8.97. The molecule has 2 aliphatic rings. The van der Waals surface area contributed by atoms with Gasteiger partial charge in [0.25, 0.3) is 11.8 Å². The summed E-state index contributed by atoms with van der Waals surface area (Å²) in [5.41, 5.74) is 0.696. The van der Waals surface area contributed by atoms with Gasteiger partial charge >= 0.3 is 12.1 Å². The van der Waals surface area contributed by atoms with E-state index in [2.05, 4.69) is 26.1 Å². The van der Waals surface area contributed by atoms with Crippen molar-refractivity contribution in [3.05, 3.63) is 30.1 Å². The monoisotopic (exact) mass is 440 g/mol. The fraction of sp³-hybridized carbons (Fsp3) is 0.500. The van der Waals surface area contributed by atoms with Gasteiger partial charge in [0.05, 0.1) is 0 Å². The molecule has 0 unspecified atom stereocenters. The van der Waals surface area contributed by atoms with Crippen LogP contribution in [0.15, 0.2) is 28.8 Å². The summed E-state index contributed by atoms with van der Waals surface area (Å²) in [4.78, 5) is 42.5. The SMILES string of the molecule is CC(C)c1noc(-c2ccc(NC(=O)NCCCN3C(=O)NC4(CCCC4)C3=O)cc2)n1. The van der Waals surface area contributed by atoms with E-state index in [9.17, 15) is 14.4 Å². The quantitative estimate of drug-likeness (QED) is 0.448. The Morgan fingerprint density at radius 1 is 1.22 bits per heavy atom. The largest absolute Gasteiger partial charge is 0.338 e. The van der Waals surface area contributed by atoms with Crippen molar-refractivity contribution in [3.8, 4) is 11.5 Å². The van der Waals surface area contributed by atoms with Crippen molar-refractivity contribution in [2.24, 2.45) is 0 Å². The number of nitrogens with zero attached hydrogens (tertiary/aromatic N) is 3. The minimum Gasteiger partial charge on any atom is -0.338 e. The molecule has 2 aromatic rings. The van der Waals surface area contributed by atoms with Crippen molar-refractivity contribution in [2.45, 2.75) is 57.4 Å². The van der Waals surface area contributed by atoms with Gasteiger partial charge in [-0.3, -0.25) is 9.69 Å². The Morgan fingerprint density at radius 2 is 1.94 bits per heavy atom. The van der Waals surface area contributed by atoms with E-state index in [1.54, 1.807) is 24.3 Å². The summed E-state index contributed by atoms with van der Waals surface area (Å²) < 4.78 is 5.27. The Balaban J connectivity index is 1.21. The van der Waals surface area contributed by atoms with Crippen molar-refractivity contribution in [1.29, 1.82) is 0 Å². The van der Waals surface area contributed by atoms with Gasteiger partial charge in [0, 0.05) is 30.3 Å². The smallest absolute Gasteiger partial charge is 0.325 e. The summed E-state index contributed by atoms with van der Waals surface area (Å²) in [5.74, 6) is 1.13. The van der Waals surface area contributed by atoms with Gasteiger partial charge in [-0.05, 0) is 43.5 Å². The number of amides is 5. The molecule has 0 bridgehead atoms. The summed E-state index contributed by atoms with van der Waals surface area (Å²) in [6, 6.07) is 6.41. The number of anilines is 1. The molecule has 2 heterocycles. The van der Waals surface area contributed by atoms with E-state index in [-0.39, 0.29) is 30.4 Å². The van der Waals surface area contributed by atoms with Gasteiger partial charge in [0.15, 0.2) is 5.82 Å². The first-order valence-corrected chi connectivity index (χ1v) is 11.0. The first kappa shape index (κ1) is 21.8. The van der Waals surface area contributed by atoms with Gasteiger partial charge in [-0.25, -0.2) is 9.59 Å².